The monoisotopic (exact) mass is 221 g/mol. The molecule has 0 aromatic rings. The minimum atomic E-state index is 0.0460. The molecule has 2 amide bonds. The Morgan fingerprint density at radius 2 is 2.00 bits per heavy atom. The van der Waals surface area contributed by atoms with Crippen LogP contribution in [0.4, 0.5) is 4.79 Å². The Bertz CT molecular complexity index is 287. The summed E-state index contributed by atoms with van der Waals surface area (Å²) in [7, 11) is 0. The predicted octanol–water partition coefficient (Wildman–Crippen LogP) is 2.02. The average Bonchev–Trinajstić information content (AvgIpc) is 2.98. The molecule has 0 aromatic heterocycles. The fourth-order valence-electron chi connectivity index (χ4n) is 2.33. The highest BCUT2D eigenvalue weighted by Gasteiger charge is 2.33. The highest BCUT2D eigenvalue weighted by molar-refractivity contribution is 5.75. The number of carbonyl (C=O) groups is 1. The molecule has 2 fully saturated rings. The summed E-state index contributed by atoms with van der Waals surface area (Å²) >= 11 is 0. The van der Waals surface area contributed by atoms with Crippen molar-refractivity contribution in [1.29, 1.82) is 5.26 Å². The van der Waals surface area contributed by atoms with Crippen molar-refractivity contribution >= 4 is 6.03 Å². The van der Waals surface area contributed by atoms with Gasteiger partial charge in [-0.15, -0.1) is 0 Å². The number of urea groups is 1. The van der Waals surface area contributed by atoms with Crippen LogP contribution in [0.25, 0.3) is 0 Å². The van der Waals surface area contributed by atoms with Crippen LogP contribution in [0.2, 0.25) is 0 Å². The second-order valence-corrected chi connectivity index (χ2v) is 4.76. The highest BCUT2D eigenvalue weighted by atomic mass is 16.2. The predicted molar refractivity (Wildman–Crippen MR) is 60.7 cm³/mol. The number of hydrogen-bond donors (Lipinski definition) is 1. The molecule has 0 radical (unpaired) electrons. The molecular weight excluding hydrogens is 202 g/mol. The molecule has 0 aliphatic heterocycles. The zero-order valence-electron chi connectivity index (χ0n) is 9.61. The quantitative estimate of drug-likeness (QED) is 0.789. The zero-order chi connectivity index (χ0) is 11.4. The molecule has 2 rings (SSSR count). The van der Waals surface area contributed by atoms with Gasteiger partial charge < -0.3 is 10.2 Å². The van der Waals surface area contributed by atoms with E-state index in [9.17, 15) is 4.79 Å². The Morgan fingerprint density at radius 1 is 1.31 bits per heavy atom. The second-order valence-electron chi connectivity index (χ2n) is 4.76. The van der Waals surface area contributed by atoms with Gasteiger partial charge in [0.15, 0.2) is 0 Å². The van der Waals surface area contributed by atoms with Crippen molar-refractivity contribution in [3.8, 4) is 6.07 Å². The molecule has 16 heavy (non-hydrogen) atoms. The van der Waals surface area contributed by atoms with E-state index in [0.717, 1.165) is 25.7 Å². The fraction of sp³-hybridized carbons (Fsp3) is 0.833. The Morgan fingerprint density at radius 3 is 2.56 bits per heavy atom. The molecule has 0 heterocycles. The van der Waals surface area contributed by atoms with Crippen LogP contribution in [0, 0.1) is 11.3 Å². The number of hydrogen-bond acceptors (Lipinski definition) is 2. The Labute approximate surface area is 96.6 Å². The van der Waals surface area contributed by atoms with E-state index in [1.165, 1.54) is 12.8 Å². The molecule has 88 valence electrons. The molecule has 1 N–H and O–H groups in total. The zero-order valence-corrected chi connectivity index (χ0v) is 9.61. The molecule has 4 heteroatoms. The first-order chi connectivity index (χ1) is 7.81. The molecule has 2 aliphatic carbocycles. The maximum absolute atomic E-state index is 12.0. The number of carbonyl (C=O) groups excluding carboxylic acids is 1. The summed E-state index contributed by atoms with van der Waals surface area (Å²) in [5, 5.41) is 11.7. The molecule has 2 aliphatic rings. The summed E-state index contributed by atoms with van der Waals surface area (Å²) in [4.78, 5) is 13.8. The van der Waals surface area contributed by atoms with Crippen molar-refractivity contribution in [2.24, 2.45) is 0 Å². The maximum atomic E-state index is 12.0. The van der Waals surface area contributed by atoms with Crippen molar-refractivity contribution in [2.45, 2.75) is 57.0 Å². The summed E-state index contributed by atoms with van der Waals surface area (Å²) < 4.78 is 0. The van der Waals surface area contributed by atoms with Gasteiger partial charge in [-0.3, -0.25) is 0 Å². The minimum absolute atomic E-state index is 0.0460. The van der Waals surface area contributed by atoms with Crippen LogP contribution in [0.5, 0.6) is 0 Å². The van der Waals surface area contributed by atoms with Gasteiger partial charge in [-0.2, -0.15) is 5.26 Å². The van der Waals surface area contributed by atoms with Gasteiger partial charge >= 0.3 is 6.03 Å². The van der Waals surface area contributed by atoms with Crippen LogP contribution >= 0.6 is 0 Å². The molecule has 0 bridgehead atoms. The number of nitrogens with one attached hydrogen (secondary N) is 1. The van der Waals surface area contributed by atoms with Crippen LogP contribution < -0.4 is 5.32 Å². The van der Waals surface area contributed by atoms with Gasteiger partial charge in [0.05, 0.1) is 12.5 Å². The number of nitrogens with zero attached hydrogens (tertiary/aromatic N) is 2. The smallest absolute Gasteiger partial charge is 0.317 e. The summed E-state index contributed by atoms with van der Waals surface area (Å²) in [6.45, 7) is 0.583. The summed E-state index contributed by atoms with van der Waals surface area (Å²) in [5.74, 6) is 0. The number of rotatable bonds is 4. The third-order valence-corrected chi connectivity index (χ3v) is 3.40. The van der Waals surface area contributed by atoms with Crippen molar-refractivity contribution in [2.75, 3.05) is 6.54 Å². The van der Waals surface area contributed by atoms with Crippen molar-refractivity contribution in [3.63, 3.8) is 0 Å². The van der Waals surface area contributed by atoms with Crippen LogP contribution in [0.1, 0.15) is 44.9 Å². The van der Waals surface area contributed by atoms with E-state index in [2.05, 4.69) is 11.4 Å². The number of amides is 2. The largest absolute Gasteiger partial charge is 0.335 e. The lowest BCUT2D eigenvalue weighted by Gasteiger charge is -2.24. The molecule has 0 saturated heterocycles. The van der Waals surface area contributed by atoms with Gasteiger partial charge in [0.2, 0.25) is 0 Å². The first-order valence-electron chi connectivity index (χ1n) is 6.25. The van der Waals surface area contributed by atoms with Gasteiger partial charge in [0.25, 0.3) is 0 Å². The van der Waals surface area contributed by atoms with Crippen LogP contribution in [-0.2, 0) is 0 Å². The van der Waals surface area contributed by atoms with Crippen molar-refractivity contribution in [1.82, 2.24) is 10.2 Å². The topological polar surface area (TPSA) is 56.1 Å². The summed E-state index contributed by atoms with van der Waals surface area (Å²) in [6.07, 6.45) is 7.33. The van der Waals surface area contributed by atoms with E-state index in [4.69, 9.17) is 5.26 Å². The second kappa shape index (κ2) is 5.20. The molecule has 0 unspecified atom stereocenters. The van der Waals surface area contributed by atoms with E-state index in [1.54, 1.807) is 0 Å². The van der Waals surface area contributed by atoms with Crippen molar-refractivity contribution in [3.05, 3.63) is 0 Å². The molecule has 0 atom stereocenters. The van der Waals surface area contributed by atoms with Gasteiger partial charge in [0, 0.05) is 18.6 Å². The van der Waals surface area contributed by atoms with E-state index < -0.39 is 0 Å². The standard InChI is InChI=1S/C12H19N3O/c13-8-3-9-15(11-6-7-11)12(16)14-10-4-1-2-5-10/h10-11H,1-7,9H2,(H,14,16). The first-order valence-corrected chi connectivity index (χ1v) is 6.25. The Hall–Kier alpha value is -1.24. The first kappa shape index (κ1) is 11.3. The maximum Gasteiger partial charge on any atom is 0.317 e. The van der Waals surface area contributed by atoms with E-state index in [1.807, 2.05) is 4.90 Å². The van der Waals surface area contributed by atoms with E-state index >= 15 is 0 Å². The summed E-state index contributed by atoms with van der Waals surface area (Å²) in [5.41, 5.74) is 0. The lowest BCUT2D eigenvalue weighted by atomic mass is 10.2. The van der Waals surface area contributed by atoms with Crippen LogP contribution in [0.15, 0.2) is 0 Å². The van der Waals surface area contributed by atoms with E-state index in [-0.39, 0.29) is 6.03 Å². The molecule has 4 nitrogen and oxygen atoms in total. The molecule has 2 saturated carbocycles. The van der Waals surface area contributed by atoms with Crippen LogP contribution in [-0.4, -0.2) is 29.6 Å². The SMILES string of the molecule is N#CCCN(C(=O)NC1CCCC1)C1CC1. The fourth-order valence-corrected chi connectivity index (χ4v) is 2.33. The highest BCUT2D eigenvalue weighted by Crippen LogP contribution is 2.27. The van der Waals surface area contributed by atoms with Gasteiger partial charge in [-0.05, 0) is 25.7 Å². The average molecular weight is 221 g/mol. The lowest BCUT2D eigenvalue weighted by Crippen LogP contribution is -2.45. The minimum Gasteiger partial charge on any atom is -0.335 e. The third kappa shape index (κ3) is 2.88. The molecule has 0 spiro atoms. The van der Waals surface area contributed by atoms with Crippen molar-refractivity contribution < 1.29 is 4.79 Å². The lowest BCUT2D eigenvalue weighted by molar-refractivity contribution is 0.192. The number of nitriles is 1. The Balaban J connectivity index is 1.81. The normalized spacial score (nSPS) is 20.4. The summed E-state index contributed by atoms with van der Waals surface area (Å²) in [6, 6.07) is 2.92. The van der Waals surface area contributed by atoms with Gasteiger partial charge in [0.1, 0.15) is 0 Å². The Kier molecular flexibility index (Phi) is 3.66. The van der Waals surface area contributed by atoms with Gasteiger partial charge in [-0.1, -0.05) is 12.8 Å². The van der Waals surface area contributed by atoms with E-state index in [0.29, 0.717) is 25.0 Å². The van der Waals surface area contributed by atoms with Crippen LogP contribution in [0.3, 0.4) is 0 Å². The third-order valence-electron chi connectivity index (χ3n) is 3.40. The van der Waals surface area contributed by atoms with Gasteiger partial charge in [-0.25, -0.2) is 4.79 Å². The molecular formula is C12H19N3O. The molecule has 0 aromatic carbocycles.